The first kappa shape index (κ1) is 28.9. The molecule has 1 aliphatic rings. The zero-order chi connectivity index (χ0) is 28.6. The fourth-order valence-electron chi connectivity index (χ4n) is 4.97. The number of anilines is 1. The second kappa shape index (κ2) is 13.3. The topological polar surface area (TPSA) is 127 Å². The summed E-state index contributed by atoms with van der Waals surface area (Å²) in [7, 11) is 0. The minimum absolute atomic E-state index is 0.00573. The number of nitrogens with one attached hydrogen (secondary N) is 3. The number of aromatic amines is 1. The SMILES string of the molecule is C/C(=C/C(=N)N)NCCOc1ccc(C2c3[nH]c4ccc(Cl)cc4c3CCN2c2ccc(Cl)cc2)cc1.O=CO. The van der Waals surface area contributed by atoms with Crippen LogP contribution in [0.2, 0.25) is 10.0 Å². The van der Waals surface area contributed by atoms with Crippen LogP contribution in [0.5, 0.6) is 5.75 Å². The van der Waals surface area contributed by atoms with E-state index in [9.17, 15) is 0 Å². The second-order valence-corrected chi connectivity index (χ2v) is 10.1. The van der Waals surface area contributed by atoms with E-state index < -0.39 is 0 Å². The number of rotatable bonds is 8. The molecule has 0 radical (unpaired) electrons. The molecule has 8 nitrogen and oxygen atoms in total. The van der Waals surface area contributed by atoms with Crippen molar-refractivity contribution in [2.75, 3.05) is 24.6 Å². The van der Waals surface area contributed by atoms with Crippen LogP contribution in [0.1, 0.15) is 29.8 Å². The average molecular weight is 581 g/mol. The Morgan fingerprint density at radius 2 is 1.82 bits per heavy atom. The molecule has 1 aliphatic heterocycles. The van der Waals surface area contributed by atoms with Gasteiger partial charge in [0.15, 0.2) is 0 Å². The van der Waals surface area contributed by atoms with Crippen molar-refractivity contribution in [3.8, 4) is 5.75 Å². The molecule has 0 saturated carbocycles. The van der Waals surface area contributed by atoms with Crippen molar-refractivity contribution in [1.29, 1.82) is 5.41 Å². The van der Waals surface area contributed by atoms with E-state index in [4.69, 9.17) is 49.0 Å². The Balaban J connectivity index is 0.00000118. The number of halogens is 2. The van der Waals surface area contributed by atoms with Gasteiger partial charge in [0, 0.05) is 51.1 Å². The van der Waals surface area contributed by atoms with Crippen molar-refractivity contribution >= 4 is 52.1 Å². The number of nitrogens with two attached hydrogens (primary N) is 1. The summed E-state index contributed by atoms with van der Waals surface area (Å²) in [5.41, 5.74) is 12.1. The van der Waals surface area contributed by atoms with Crippen LogP contribution >= 0.6 is 23.2 Å². The van der Waals surface area contributed by atoms with E-state index in [0.717, 1.165) is 45.7 Å². The van der Waals surface area contributed by atoms with Crippen molar-refractivity contribution in [2.24, 2.45) is 5.73 Å². The summed E-state index contributed by atoms with van der Waals surface area (Å²) in [4.78, 5) is 14.5. The van der Waals surface area contributed by atoms with E-state index in [0.29, 0.717) is 13.2 Å². The van der Waals surface area contributed by atoms with Gasteiger partial charge < -0.3 is 30.8 Å². The lowest BCUT2D eigenvalue weighted by molar-refractivity contribution is -0.122. The zero-order valence-electron chi connectivity index (χ0n) is 22.0. The molecule has 0 aliphatic carbocycles. The number of carbonyl (C=O) groups is 1. The van der Waals surface area contributed by atoms with Crippen LogP contribution in [0.15, 0.2) is 78.5 Å². The molecular formula is C30H31Cl2N5O3. The average Bonchev–Trinajstić information content (AvgIpc) is 3.29. The van der Waals surface area contributed by atoms with Crippen molar-refractivity contribution in [2.45, 2.75) is 19.4 Å². The van der Waals surface area contributed by atoms with Crippen LogP contribution in [0.3, 0.4) is 0 Å². The number of amidine groups is 1. The van der Waals surface area contributed by atoms with Gasteiger partial charge in [-0.2, -0.15) is 0 Å². The minimum atomic E-state index is -0.250. The number of hydrogen-bond acceptors (Lipinski definition) is 5. The van der Waals surface area contributed by atoms with Crippen LogP contribution in [0.4, 0.5) is 5.69 Å². The van der Waals surface area contributed by atoms with Crippen molar-refractivity contribution < 1.29 is 14.6 Å². The van der Waals surface area contributed by atoms with Gasteiger partial charge in [-0.05, 0) is 85.1 Å². The molecule has 6 N–H and O–H groups in total. The maximum atomic E-state index is 8.36. The van der Waals surface area contributed by atoms with Gasteiger partial charge in [0.2, 0.25) is 0 Å². The zero-order valence-corrected chi connectivity index (χ0v) is 23.5. The van der Waals surface area contributed by atoms with Crippen molar-refractivity contribution in [3.63, 3.8) is 0 Å². The molecule has 0 saturated heterocycles. The predicted molar refractivity (Wildman–Crippen MR) is 162 cm³/mol. The highest BCUT2D eigenvalue weighted by Crippen LogP contribution is 2.41. The quantitative estimate of drug-likeness (QED) is 0.0738. The number of H-pyrrole nitrogens is 1. The van der Waals surface area contributed by atoms with E-state index in [2.05, 4.69) is 51.6 Å². The van der Waals surface area contributed by atoms with Gasteiger partial charge in [-0.25, -0.2) is 0 Å². The molecule has 10 heteroatoms. The van der Waals surface area contributed by atoms with Crippen molar-refractivity contribution in [3.05, 3.63) is 105 Å². The Labute approximate surface area is 242 Å². The van der Waals surface area contributed by atoms with E-state index in [1.165, 1.54) is 22.2 Å². The van der Waals surface area contributed by atoms with E-state index >= 15 is 0 Å². The summed E-state index contributed by atoms with van der Waals surface area (Å²) in [5.74, 6) is 0.828. The molecule has 2 heterocycles. The Morgan fingerprint density at radius 3 is 2.50 bits per heavy atom. The summed E-state index contributed by atoms with van der Waals surface area (Å²) in [6.07, 6.45) is 2.50. The van der Waals surface area contributed by atoms with Gasteiger partial charge in [0.25, 0.3) is 6.47 Å². The fourth-order valence-corrected chi connectivity index (χ4v) is 5.26. The highest BCUT2D eigenvalue weighted by atomic mass is 35.5. The largest absolute Gasteiger partial charge is 0.492 e. The van der Waals surface area contributed by atoms with E-state index in [1.807, 2.05) is 37.3 Å². The molecule has 0 spiro atoms. The molecule has 0 fully saturated rings. The highest BCUT2D eigenvalue weighted by Gasteiger charge is 2.32. The summed E-state index contributed by atoms with van der Waals surface area (Å²) in [6, 6.07) is 22.4. The number of benzene rings is 3. The van der Waals surface area contributed by atoms with Gasteiger partial charge in [-0.3, -0.25) is 10.2 Å². The Morgan fingerprint density at radius 1 is 1.15 bits per heavy atom. The van der Waals surface area contributed by atoms with Crippen LogP contribution < -0.4 is 20.7 Å². The maximum Gasteiger partial charge on any atom is 0.290 e. The third-order valence-corrected chi connectivity index (χ3v) is 7.08. The van der Waals surface area contributed by atoms with E-state index in [-0.39, 0.29) is 18.3 Å². The number of aromatic nitrogens is 1. The molecular weight excluding hydrogens is 549 g/mol. The number of ether oxygens (including phenoxy) is 1. The standard InChI is InChI=1S/C29H29Cl2N5O.CH2O2/c1-18(16-27(32)33)34-13-15-37-23-9-2-19(3-10-23)29-28-24(25-17-21(31)6-11-26(25)35-28)12-14-36(29)22-7-4-20(30)5-8-22;2-1-3/h2-11,16-17,29,34-35H,12-15H2,1H3,(H3,32,33);1H,(H,2,3)/b18-16-;. The van der Waals surface area contributed by atoms with Crippen LogP contribution in [0.25, 0.3) is 10.9 Å². The predicted octanol–water partition coefficient (Wildman–Crippen LogP) is 6.14. The summed E-state index contributed by atoms with van der Waals surface area (Å²) in [5, 5.41) is 20.1. The maximum absolute atomic E-state index is 8.36. The van der Waals surface area contributed by atoms with Gasteiger partial charge in [0.1, 0.15) is 18.2 Å². The monoisotopic (exact) mass is 579 g/mol. The molecule has 0 bridgehead atoms. The molecule has 3 aromatic carbocycles. The first-order valence-corrected chi connectivity index (χ1v) is 13.4. The first-order chi connectivity index (χ1) is 19.3. The smallest absolute Gasteiger partial charge is 0.290 e. The summed E-state index contributed by atoms with van der Waals surface area (Å²) < 4.78 is 5.93. The molecule has 1 atom stereocenters. The van der Waals surface area contributed by atoms with Crippen LogP contribution in [-0.4, -0.2) is 42.1 Å². The normalized spacial score (nSPS) is 14.6. The van der Waals surface area contributed by atoms with Gasteiger partial charge >= 0.3 is 0 Å². The Hall–Kier alpha value is -4.14. The highest BCUT2D eigenvalue weighted by molar-refractivity contribution is 6.31. The number of allylic oxidation sites excluding steroid dienone is 1. The molecule has 1 aromatic heterocycles. The van der Waals surface area contributed by atoms with E-state index in [1.54, 1.807) is 6.08 Å². The molecule has 0 amide bonds. The number of fused-ring (bicyclic) bond motifs is 3. The second-order valence-electron chi connectivity index (χ2n) is 9.26. The fraction of sp³-hybridized carbons (Fsp3) is 0.200. The summed E-state index contributed by atoms with van der Waals surface area (Å²) in [6.45, 7) is 3.61. The lowest BCUT2D eigenvalue weighted by atomic mass is 9.91. The third-order valence-electron chi connectivity index (χ3n) is 6.59. The molecule has 5 rings (SSSR count). The summed E-state index contributed by atoms with van der Waals surface area (Å²) >= 11 is 12.5. The number of carboxylic acid groups (broad SMARTS) is 1. The van der Waals surface area contributed by atoms with Crippen LogP contribution in [-0.2, 0) is 11.2 Å². The lowest BCUT2D eigenvalue weighted by Gasteiger charge is -2.38. The Bertz CT molecular complexity index is 1500. The third kappa shape index (κ3) is 6.89. The van der Waals surface area contributed by atoms with Crippen molar-refractivity contribution in [1.82, 2.24) is 10.3 Å². The first-order valence-electron chi connectivity index (χ1n) is 12.7. The van der Waals surface area contributed by atoms with Gasteiger partial charge in [0.05, 0.1) is 6.04 Å². The molecule has 4 aromatic rings. The minimum Gasteiger partial charge on any atom is -0.492 e. The van der Waals surface area contributed by atoms with Crippen LogP contribution in [0, 0.1) is 5.41 Å². The lowest BCUT2D eigenvalue weighted by Crippen LogP contribution is -2.36. The number of hydrogen-bond donors (Lipinski definition) is 5. The van der Waals surface area contributed by atoms with Gasteiger partial charge in [-0.15, -0.1) is 0 Å². The van der Waals surface area contributed by atoms with Gasteiger partial charge in [-0.1, -0.05) is 35.3 Å². The Kier molecular flexibility index (Phi) is 9.58. The molecule has 40 heavy (non-hydrogen) atoms. The molecule has 1 unspecified atom stereocenters. The number of nitrogens with zero attached hydrogens (tertiary/aromatic N) is 1. The molecule has 208 valence electrons.